The van der Waals surface area contributed by atoms with Crippen LogP contribution in [0.2, 0.25) is 0 Å². The number of nitro groups is 1. The van der Waals surface area contributed by atoms with Gasteiger partial charge in [-0.05, 0) is 12.1 Å². The summed E-state index contributed by atoms with van der Waals surface area (Å²) < 4.78 is 7.80. The Labute approximate surface area is 72.7 Å². The molecule has 1 rings (SSSR count). The fourth-order valence-electron chi connectivity index (χ4n) is 0.637. The summed E-state index contributed by atoms with van der Waals surface area (Å²) in [5, 5.41) is 10.3. The third-order valence-corrected chi connectivity index (χ3v) is 1.55. The van der Waals surface area contributed by atoms with Gasteiger partial charge in [0.1, 0.15) is 5.69 Å². The molecule has 0 spiro atoms. The molecule has 0 radical (unpaired) electrons. The van der Waals surface area contributed by atoms with E-state index in [0.717, 1.165) is 0 Å². The van der Waals surface area contributed by atoms with Gasteiger partial charge in [-0.15, -0.1) is 0 Å². The van der Waals surface area contributed by atoms with Gasteiger partial charge in [-0.25, -0.2) is 0 Å². The van der Waals surface area contributed by atoms with Crippen molar-refractivity contribution in [3.8, 4) is 0 Å². The second kappa shape index (κ2) is 2.87. The number of halogens is 1. The van der Waals surface area contributed by atoms with Crippen LogP contribution in [0.3, 0.4) is 0 Å². The van der Waals surface area contributed by atoms with Crippen molar-refractivity contribution in [1.82, 2.24) is 0 Å². The Morgan fingerprint density at radius 2 is 2.45 bits per heavy atom. The van der Waals surface area contributed by atoms with E-state index in [-0.39, 0.29) is 17.4 Å². The number of nitro benzene ring substituents is 1. The highest BCUT2D eigenvalue weighted by molar-refractivity contribution is 9.10. The number of rotatable bonds is 1. The van der Waals surface area contributed by atoms with Crippen molar-refractivity contribution in [3.63, 3.8) is 0 Å². The van der Waals surface area contributed by atoms with Gasteiger partial charge in [-0.3, -0.25) is 10.1 Å². The molecule has 0 aromatic heterocycles. The Balaban J connectivity index is 3.38. The normalized spacial score (nSPS) is 10.8. The molecule has 0 unspecified atom stereocenters. The molecule has 58 valence electrons. The first-order chi connectivity index (χ1) is 5.52. The van der Waals surface area contributed by atoms with Gasteiger partial charge in [-0.2, -0.15) is 0 Å². The number of nitrogens with zero attached hydrogens (tertiary/aromatic N) is 1. The van der Waals surface area contributed by atoms with Gasteiger partial charge in [0.2, 0.25) is 0 Å². The minimum atomic E-state index is -0.663. The van der Waals surface area contributed by atoms with Crippen LogP contribution in [-0.4, -0.2) is 4.92 Å². The Morgan fingerprint density at radius 3 is 2.91 bits per heavy atom. The molecule has 0 atom stereocenters. The van der Waals surface area contributed by atoms with Gasteiger partial charge in [-0.1, -0.05) is 15.9 Å². The van der Waals surface area contributed by atoms with E-state index in [1.54, 1.807) is 0 Å². The number of hydrogen-bond donors (Lipinski definition) is 1. The Kier molecular flexibility index (Phi) is 1.72. The summed E-state index contributed by atoms with van der Waals surface area (Å²) in [7, 11) is 0. The minimum Gasteiger partial charge on any atom is -0.393 e. The molecular formula is C6H5BrN2O2. The maximum absolute atomic E-state index is 10.3. The Morgan fingerprint density at radius 1 is 1.82 bits per heavy atom. The van der Waals surface area contributed by atoms with Gasteiger partial charge >= 0.3 is 0 Å². The molecular weight excluding hydrogens is 212 g/mol. The average Bonchev–Trinajstić information content (AvgIpc) is 1.82. The molecule has 1 aromatic carbocycles. The number of benzene rings is 1. The molecule has 0 amide bonds. The van der Waals surface area contributed by atoms with Crippen molar-refractivity contribution in [2.75, 3.05) is 5.73 Å². The highest BCUT2D eigenvalue weighted by Gasteiger charge is 2.09. The van der Waals surface area contributed by atoms with Gasteiger partial charge in [0.25, 0.3) is 5.69 Å². The molecule has 0 saturated heterocycles. The van der Waals surface area contributed by atoms with Gasteiger partial charge < -0.3 is 5.73 Å². The van der Waals surface area contributed by atoms with Crippen molar-refractivity contribution in [1.29, 1.82) is 0 Å². The summed E-state index contributed by atoms with van der Waals surface area (Å²) in [5.74, 6) is 0. The molecule has 0 aliphatic rings. The lowest BCUT2D eigenvalue weighted by atomic mass is 10.3. The van der Waals surface area contributed by atoms with Crippen LogP contribution in [0.25, 0.3) is 0 Å². The molecule has 1 aromatic rings. The average molecular weight is 218 g/mol. The molecule has 0 heterocycles. The zero-order chi connectivity index (χ0) is 9.30. The maximum atomic E-state index is 10.3. The Hall–Kier alpha value is -1.10. The van der Waals surface area contributed by atoms with Crippen molar-refractivity contribution < 1.29 is 6.29 Å². The number of anilines is 1. The molecule has 5 heteroatoms. The van der Waals surface area contributed by atoms with Gasteiger partial charge in [0.15, 0.2) is 0 Å². The second-order valence-corrected chi connectivity index (χ2v) is 2.79. The zero-order valence-corrected chi connectivity index (χ0v) is 6.96. The first-order valence-corrected chi connectivity index (χ1v) is 3.51. The lowest BCUT2D eigenvalue weighted by molar-refractivity contribution is -0.383. The predicted molar refractivity (Wildman–Crippen MR) is 45.2 cm³/mol. The van der Waals surface area contributed by atoms with E-state index in [0.29, 0.717) is 4.47 Å². The molecule has 0 bridgehead atoms. The fourth-order valence-corrected chi connectivity index (χ4v) is 0.998. The number of hydrogen-bond acceptors (Lipinski definition) is 3. The molecule has 11 heavy (non-hydrogen) atoms. The monoisotopic (exact) mass is 217 g/mol. The van der Waals surface area contributed by atoms with Crippen LogP contribution in [0.4, 0.5) is 11.4 Å². The lowest BCUT2D eigenvalue weighted by Gasteiger charge is -1.95. The maximum Gasteiger partial charge on any atom is 0.292 e. The van der Waals surface area contributed by atoms with Gasteiger partial charge in [0.05, 0.1) is 6.29 Å². The molecule has 2 N–H and O–H groups in total. The summed E-state index contributed by atoms with van der Waals surface area (Å²) in [4.78, 5) is 9.68. The second-order valence-electron chi connectivity index (χ2n) is 1.88. The zero-order valence-electron chi connectivity index (χ0n) is 6.37. The van der Waals surface area contributed by atoms with Crippen LogP contribution in [0.1, 0.15) is 1.37 Å². The lowest BCUT2D eigenvalue weighted by Crippen LogP contribution is -1.94. The minimum absolute atomic E-state index is 0.000579. The van der Waals surface area contributed by atoms with Crippen molar-refractivity contribution in [2.24, 2.45) is 0 Å². The first kappa shape index (κ1) is 6.60. The van der Waals surface area contributed by atoms with Crippen LogP contribution >= 0.6 is 15.9 Å². The van der Waals surface area contributed by atoms with E-state index in [4.69, 9.17) is 7.10 Å². The highest BCUT2D eigenvalue weighted by atomic mass is 79.9. The SMILES string of the molecule is [2H]c1cc(Br)cc(N)c1[N+](=O)[O-]. The largest absolute Gasteiger partial charge is 0.393 e. The summed E-state index contributed by atoms with van der Waals surface area (Å²) in [6.45, 7) is 0. The van der Waals surface area contributed by atoms with Gasteiger partial charge in [0, 0.05) is 10.5 Å². The number of nitrogens with two attached hydrogens (primary N) is 1. The summed E-state index contributed by atoms with van der Waals surface area (Å²) in [6, 6.07) is 2.54. The quantitative estimate of drug-likeness (QED) is 0.444. The van der Waals surface area contributed by atoms with Crippen LogP contribution in [0.5, 0.6) is 0 Å². The van der Waals surface area contributed by atoms with Crippen LogP contribution < -0.4 is 5.73 Å². The summed E-state index contributed by atoms with van der Waals surface area (Å²) >= 11 is 3.07. The van der Waals surface area contributed by atoms with E-state index in [9.17, 15) is 10.1 Å². The summed E-state index contributed by atoms with van der Waals surface area (Å²) in [6.07, 6.45) is 0. The van der Waals surface area contributed by atoms with Crippen molar-refractivity contribution in [3.05, 3.63) is 32.8 Å². The predicted octanol–water partition coefficient (Wildman–Crippen LogP) is 1.94. The third kappa shape index (κ3) is 1.68. The molecule has 0 aliphatic carbocycles. The van der Waals surface area contributed by atoms with Crippen LogP contribution in [0, 0.1) is 10.1 Å². The van der Waals surface area contributed by atoms with E-state index >= 15 is 0 Å². The highest BCUT2D eigenvalue weighted by Crippen LogP contribution is 2.24. The molecule has 0 fully saturated rings. The van der Waals surface area contributed by atoms with Crippen LogP contribution in [0.15, 0.2) is 22.6 Å². The topological polar surface area (TPSA) is 69.2 Å². The van der Waals surface area contributed by atoms with E-state index in [1.165, 1.54) is 12.1 Å². The van der Waals surface area contributed by atoms with Crippen LogP contribution in [-0.2, 0) is 0 Å². The smallest absolute Gasteiger partial charge is 0.292 e. The van der Waals surface area contributed by atoms with Crippen molar-refractivity contribution >= 4 is 27.3 Å². The van der Waals surface area contributed by atoms with Crippen molar-refractivity contribution in [2.45, 2.75) is 0 Å². The third-order valence-electron chi connectivity index (χ3n) is 1.10. The van der Waals surface area contributed by atoms with E-state index in [2.05, 4.69) is 15.9 Å². The molecule has 0 aliphatic heterocycles. The summed E-state index contributed by atoms with van der Waals surface area (Å²) in [5.41, 5.74) is 4.98. The fraction of sp³-hybridized carbons (Fsp3) is 0. The molecule has 0 saturated carbocycles. The standard InChI is InChI=1S/C6H5BrN2O2/c7-4-1-2-6(9(10)11)5(8)3-4/h1-3H,8H2/i2D. The first-order valence-electron chi connectivity index (χ1n) is 3.22. The number of nitrogen functional groups attached to an aromatic ring is 1. The Bertz CT molecular complexity index is 319. The van der Waals surface area contributed by atoms with E-state index in [1.807, 2.05) is 0 Å². The van der Waals surface area contributed by atoms with E-state index < -0.39 is 4.92 Å². The molecule has 4 nitrogen and oxygen atoms in total.